The van der Waals surface area contributed by atoms with E-state index in [1.165, 1.54) is 12.1 Å². The minimum Gasteiger partial charge on any atom is -0.480 e. The maximum Gasteiger partial charge on any atom is 0.322 e. The Morgan fingerprint density at radius 1 is 1.33 bits per heavy atom. The third-order valence-electron chi connectivity index (χ3n) is 2.34. The van der Waals surface area contributed by atoms with E-state index in [2.05, 4.69) is 0 Å². The fraction of sp³-hybridized carbons (Fsp3) is 0.364. The van der Waals surface area contributed by atoms with Crippen molar-refractivity contribution in [3.63, 3.8) is 0 Å². The Morgan fingerprint density at radius 2 is 1.89 bits per heavy atom. The number of halogens is 1. The van der Waals surface area contributed by atoms with Crippen LogP contribution in [0.15, 0.2) is 29.2 Å². The lowest BCUT2D eigenvalue weighted by Gasteiger charge is -2.18. The Hall–Kier alpha value is -1.47. The van der Waals surface area contributed by atoms with Crippen LogP contribution in [0.3, 0.4) is 0 Å². The van der Waals surface area contributed by atoms with E-state index in [1.807, 2.05) is 4.72 Å². The van der Waals surface area contributed by atoms with Crippen LogP contribution < -0.4 is 4.72 Å². The highest BCUT2D eigenvalue weighted by molar-refractivity contribution is 7.89. The molecule has 0 aliphatic heterocycles. The third-order valence-corrected chi connectivity index (χ3v) is 3.82. The second-order valence-corrected chi connectivity index (χ2v) is 5.79. The molecule has 0 radical (unpaired) electrons. The van der Waals surface area contributed by atoms with Gasteiger partial charge in [-0.2, -0.15) is 4.72 Å². The number of hydrogen-bond acceptors (Lipinski definition) is 3. The maximum absolute atomic E-state index is 13.4. The molecule has 0 fully saturated rings. The largest absolute Gasteiger partial charge is 0.480 e. The molecule has 1 aromatic carbocycles. The molecule has 0 aliphatic carbocycles. The van der Waals surface area contributed by atoms with Crippen molar-refractivity contribution in [1.82, 2.24) is 4.72 Å². The molecule has 0 saturated carbocycles. The maximum atomic E-state index is 13.4. The van der Waals surface area contributed by atoms with Gasteiger partial charge in [0.25, 0.3) is 0 Å². The quantitative estimate of drug-likeness (QED) is 0.846. The summed E-state index contributed by atoms with van der Waals surface area (Å²) in [6.07, 6.45) is 0. The van der Waals surface area contributed by atoms with Gasteiger partial charge in [0.1, 0.15) is 16.8 Å². The van der Waals surface area contributed by atoms with Crippen LogP contribution in [0.4, 0.5) is 4.39 Å². The summed E-state index contributed by atoms with van der Waals surface area (Å²) in [5.41, 5.74) is 0. The van der Waals surface area contributed by atoms with Crippen molar-refractivity contribution >= 4 is 16.0 Å². The number of hydrogen-bond donors (Lipinski definition) is 2. The topological polar surface area (TPSA) is 83.5 Å². The van der Waals surface area contributed by atoms with Crippen molar-refractivity contribution in [2.24, 2.45) is 5.92 Å². The van der Waals surface area contributed by atoms with Crippen molar-refractivity contribution in [3.8, 4) is 0 Å². The van der Waals surface area contributed by atoms with Crippen molar-refractivity contribution in [2.75, 3.05) is 0 Å². The zero-order chi connectivity index (χ0) is 13.9. The molecule has 0 saturated heterocycles. The second kappa shape index (κ2) is 5.45. The number of carboxylic acid groups (broad SMARTS) is 1. The van der Waals surface area contributed by atoms with Gasteiger partial charge in [0.2, 0.25) is 10.0 Å². The molecule has 2 N–H and O–H groups in total. The first-order valence-electron chi connectivity index (χ1n) is 5.25. The summed E-state index contributed by atoms with van der Waals surface area (Å²) in [5, 5.41) is 8.90. The normalized spacial score (nSPS) is 13.6. The van der Waals surface area contributed by atoms with Crippen LogP contribution >= 0.6 is 0 Å². The molecule has 5 nitrogen and oxygen atoms in total. The first-order valence-corrected chi connectivity index (χ1v) is 6.73. The number of nitrogens with one attached hydrogen (secondary N) is 1. The minimum atomic E-state index is -4.19. The average molecular weight is 275 g/mol. The summed E-state index contributed by atoms with van der Waals surface area (Å²) < 4.78 is 39.1. The Morgan fingerprint density at radius 3 is 2.33 bits per heavy atom. The summed E-state index contributed by atoms with van der Waals surface area (Å²) in [6, 6.07) is 3.50. The minimum absolute atomic E-state index is 0.455. The van der Waals surface area contributed by atoms with Crippen LogP contribution in [0.25, 0.3) is 0 Å². The fourth-order valence-corrected chi connectivity index (χ4v) is 2.78. The number of rotatable bonds is 5. The smallest absolute Gasteiger partial charge is 0.322 e. The molecule has 0 aromatic heterocycles. The number of benzene rings is 1. The molecule has 0 unspecified atom stereocenters. The highest BCUT2D eigenvalue weighted by atomic mass is 32.2. The van der Waals surface area contributed by atoms with Gasteiger partial charge in [-0.3, -0.25) is 4.79 Å². The van der Waals surface area contributed by atoms with Gasteiger partial charge >= 0.3 is 5.97 Å². The lowest BCUT2D eigenvalue weighted by molar-refractivity contribution is -0.140. The molecule has 0 heterocycles. The zero-order valence-corrected chi connectivity index (χ0v) is 10.7. The summed E-state index contributed by atoms with van der Waals surface area (Å²) in [6.45, 7) is 3.12. The van der Waals surface area contributed by atoms with Crippen LogP contribution in [-0.2, 0) is 14.8 Å². The number of aliphatic carboxylic acids is 1. The Bertz CT molecular complexity index is 542. The van der Waals surface area contributed by atoms with E-state index in [0.29, 0.717) is 0 Å². The predicted molar refractivity (Wildman–Crippen MR) is 63.0 cm³/mol. The molecule has 0 bridgehead atoms. The highest BCUT2D eigenvalue weighted by Crippen LogP contribution is 2.15. The standard InChI is InChI=1S/C11H14FNO4S/c1-7(2)10(11(14)15)13-18(16,17)9-6-4-3-5-8(9)12/h3-7,10,13H,1-2H3,(H,14,15)/t10-/m0/s1. The van der Waals surface area contributed by atoms with Crippen molar-refractivity contribution < 1.29 is 22.7 Å². The van der Waals surface area contributed by atoms with E-state index >= 15 is 0 Å². The highest BCUT2D eigenvalue weighted by Gasteiger charge is 2.29. The van der Waals surface area contributed by atoms with Gasteiger partial charge in [0, 0.05) is 0 Å². The molecule has 1 aromatic rings. The fourth-order valence-electron chi connectivity index (χ4n) is 1.36. The van der Waals surface area contributed by atoms with Gasteiger partial charge in [-0.1, -0.05) is 26.0 Å². The van der Waals surface area contributed by atoms with E-state index in [0.717, 1.165) is 12.1 Å². The summed E-state index contributed by atoms with van der Waals surface area (Å²) >= 11 is 0. The molecular weight excluding hydrogens is 261 g/mol. The van der Waals surface area contributed by atoms with Crippen LogP contribution in [0.2, 0.25) is 0 Å². The van der Waals surface area contributed by atoms with E-state index in [-0.39, 0.29) is 0 Å². The lowest BCUT2D eigenvalue weighted by atomic mass is 10.1. The molecule has 0 amide bonds. The van der Waals surface area contributed by atoms with Gasteiger partial charge in [-0.15, -0.1) is 0 Å². The Labute approximate surface area is 105 Å². The van der Waals surface area contributed by atoms with Gasteiger partial charge in [-0.25, -0.2) is 12.8 Å². The zero-order valence-electron chi connectivity index (χ0n) is 9.92. The van der Waals surface area contributed by atoms with Crippen LogP contribution in [0.5, 0.6) is 0 Å². The van der Waals surface area contributed by atoms with Gasteiger partial charge in [0.05, 0.1) is 0 Å². The molecule has 0 aliphatic rings. The van der Waals surface area contributed by atoms with E-state index < -0.39 is 38.7 Å². The van der Waals surface area contributed by atoms with Crippen molar-refractivity contribution in [2.45, 2.75) is 24.8 Å². The predicted octanol–water partition coefficient (Wildman–Crippen LogP) is 1.21. The second-order valence-electron chi connectivity index (χ2n) is 4.11. The average Bonchev–Trinajstić information content (AvgIpc) is 2.25. The van der Waals surface area contributed by atoms with Crippen molar-refractivity contribution in [1.29, 1.82) is 0 Å². The number of sulfonamides is 1. The van der Waals surface area contributed by atoms with Crippen molar-refractivity contribution in [3.05, 3.63) is 30.1 Å². The van der Waals surface area contributed by atoms with Gasteiger partial charge in [0.15, 0.2) is 0 Å². The third kappa shape index (κ3) is 3.27. The summed E-state index contributed by atoms with van der Waals surface area (Å²) in [4.78, 5) is 10.4. The van der Waals surface area contributed by atoms with Gasteiger partial charge in [-0.05, 0) is 18.1 Å². The summed E-state index contributed by atoms with van der Waals surface area (Å²) in [7, 11) is -4.19. The SMILES string of the molecule is CC(C)[C@H](NS(=O)(=O)c1ccccc1F)C(=O)O. The van der Waals surface area contributed by atoms with E-state index in [9.17, 15) is 17.6 Å². The van der Waals surface area contributed by atoms with Crippen LogP contribution in [-0.4, -0.2) is 25.5 Å². The molecule has 18 heavy (non-hydrogen) atoms. The first kappa shape index (κ1) is 14.6. The van der Waals surface area contributed by atoms with E-state index in [1.54, 1.807) is 13.8 Å². The first-order chi connectivity index (χ1) is 8.25. The summed E-state index contributed by atoms with van der Waals surface area (Å²) in [5.74, 6) is -2.67. The monoisotopic (exact) mass is 275 g/mol. The van der Waals surface area contributed by atoms with Crippen LogP contribution in [0, 0.1) is 11.7 Å². The number of carboxylic acids is 1. The molecule has 1 rings (SSSR count). The lowest BCUT2D eigenvalue weighted by Crippen LogP contribution is -2.44. The van der Waals surface area contributed by atoms with Crippen LogP contribution in [0.1, 0.15) is 13.8 Å². The molecular formula is C11H14FNO4S. The molecule has 0 spiro atoms. The molecule has 1 atom stereocenters. The Balaban J connectivity index is 3.09. The van der Waals surface area contributed by atoms with E-state index in [4.69, 9.17) is 5.11 Å². The number of carbonyl (C=O) groups is 1. The molecule has 7 heteroatoms. The Kier molecular flexibility index (Phi) is 4.42. The molecule has 100 valence electrons. The van der Waals surface area contributed by atoms with Gasteiger partial charge < -0.3 is 5.11 Å².